The Bertz CT molecular complexity index is 454. The van der Waals surface area contributed by atoms with E-state index in [2.05, 4.69) is 5.10 Å². The van der Waals surface area contributed by atoms with Crippen molar-refractivity contribution >= 4 is 0 Å². The number of rotatable bonds is 2. The number of H-pyrrole nitrogens is 1. The van der Waals surface area contributed by atoms with Crippen LogP contribution in [0.5, 0.6) is 0 Å². The first-order valence-electron chi connectivity index (χ1n) is 5.21. The van der Waals surface area contributed by atoms with Crippen LogP contribution >= 0.6 is 0 Å². The molecule has 1 fully saturated rings. The molecule has 1 aromatic rings. The van der Waals surface area contributed by atoms with E-state index in [1.165, 1.54) is 16.8 Å². The highest BCUT2D eigenvalue weighted by Crippen LogP contribution is 2.33. The predicted molar refractivity (Wildman–Crippen MR) is 56.8 cm³/mol. The van der Waals surface area contributed by atoms with E-state index < -0.39 is 0 Å². The van der Waals surface area contributed by atoms with E-state index in [0.29, 0.717) is 6.54 Å². The van der Waals surface area contributed by atoms with E-state index in [0.717, 1.165) is 25.7 Å². The van der Waals surface area contributed by atoms with Gasteiger partial charge in [0.05, 0.1) is 5.54 Å². The minimum atomic E-state index is -0.364. The Hall–Kier alpha value is -1.36. The molecular formula is C10H15N3O2. The molecule has 0 aromatic carbocycles. The second-order valence-electron chi connectivity index (χ2n) is 4.12. The smallest absolute Gasteiger partial charge is 0.265 e. The molecule has 0 amide bonds. The van der Waals surface area contributed by atoms with Crippen LogP contribution in [0.4, 0.5) is 0 Å². The molecule has 0 radical (unpaired) electrons. The van der Waals surface area contributed by atoms with Crippen molar-refractivity contribution in [2.24, 2.45) is 5.73 Å². The zero-order valence-electron chi connectivity index (χ0n) is 8.53. The molecule has 15 heavy (non-hydrogen) atoms. The fourth-order valence-electron chi connectivity index (χ4n) is 2.33. The summed E-state index contributed by atoms with van der Waals surface area (Å²) in [4.78, 5) is 22.9. The Morgan fingerprint density at radius 2 is 2.00 bits per heavy atom. The first-order valence-corrected chi connectivity index (χ1v) is 5.21. The quantitative estimate of drug-likeness (QED) is 0.705. The highest BCUT2D eigenvalue weighted by molar-refractivity contribution is 4.96. The van der Waals surface area contributed by atoms with Crippen molar-refractivity contribution in [2.75, 3.05) is 6.54 Å². The number of aromatic amines is 1. The van der Waals surface area contributed by atoms with Crippen LogP contribution in [0.3, 0.4) is 0 Å². The molecule has 1 aliphatic rings. The van der Waals surface area contributed by atoms with Crippen LogP contribution in [0.2, 0.25) is 0 Å². The van der Waals surface area contributed by atoms with Crippen molar-refractivity contribution in [3.63, 3.8) is 0 Å². The highest BCUT2D eigenvalue weighted by Gasteiger charge is 2.35. The lowest BCUT2D eigenvalue weighted by Gasteiger charge is -2.28. The van der Waals surface area contributed by atoms with Crippen molar-refractivity contribution in [1.82, 2.24) is 9.78 Å². The molecule has 0 spiro atoms. The van der Waals surface area contributed by atoms with Crippen LogP contribution in [0, 0.1) is 0 Å². The van der Waals surface area contributed by atoms with Crippen LogP contribution in [0.1, 0.15) is 25.7 Å². The average molecular weight is 209 g/mol. The highest BCUT2D eigenvalue weighted by atomic mass is 16.2. The third-order valence-corrected chi connectivity index (χ3v) is 3.21. The van der Waals surface area contributed by atoms with Crippen LogP contribution < -0.4 is 16.9 Å². The first-order chi connectivity index (χ1) is 7.18. The molecule has 5 heteroatoms. The van der Waals surface area contributed by atoms with Gasteiger partial charge in [-0.05, 0) is 12.8 Å². The van der Waals surface area contributed by atoms with Gasteiger partial charge >= 0.3 is 0 Å². The Morgan fingerprint density at radius 3 is 2.60 bits per heavy atom. The van der Waals surface area contributed by atoms with E-state index in [9.17, 15) is 9.59 Å². The number of hydrogen-bond donors (Lipinski definition) is 2. The van der Waals surface area contributed by atoms with Crippen molar-refractivity contribution in [3.8, 4) is 0 Å². The zero-order chi connectivity index (χ0) is 10.9. The minimum absolute atomic E-state index is 0.179. The van der Waals surface area contributed by atoms with Crippen LogP contribution in [0.25, 0.3) is 0 Å². The largest absolute Gasteiger partial charge is 0.328 e. The SMILES string of the molecule is NCC1(n2[nH]c(=O)ccc2=O)CCCC1. The number of hydrogen-bond acceptors (Lipinski definition) is 3. The van der Waals surface area contributed by atoms with E-state index in [4.69, 9.17) is 5.73 Å². The molecule has 0 atom stereocenters. The molecule has 5 nitrogen and oxygen atoms in total. The molecule has 0 aliphatic heterocycles. The summed E-state index contributed by atoms with van der Waals surface area (Å²) in [7, 11) is 0. The summed E-state index contributed by atoms with van der Waals surface area (Å²) in [6.07, 6.45) is 3.84. The summed E-state index contributed by atoms with van der Waals surface area (Å²) in [6.45, 7) is 0.396. The van der Waals surface area contributed by atoms with E-state index >= 15 is 0 Å². The Balaban J connectivity index is 2.55. The lowest BCUT2D eigenvalue weighted by atomic mass is 9.98. The second-order valence-corrected chi connectivity index (χ2v) is 4.12. The predicted octanol–water partition coefficient (Wildman–Crippen LogP) is -0.235. The minimum Gasteiger partial charge on any atom is -0.328 e. The van der Waals surface area contributed by atoms with Crippen molar-refractivity contribution in [1.29, 1.82) is 0 Å². The topological polar surface area (TPSA) is 80.9 Å². The number of nitrogens with two attached hydrogens (primary N) is 1. The normalized spacial score (nSPS) is 19.3. The van der Waals surface area contributed by atoms with Crippen molar-refractivity contribution in [3.05, 3.63) is 32.8 Å². The van der Waals surface area contributed by atoms with Crippen LogP contribution in [-0.4, -0.2) is 16.3 Å². The summed E-state index contributed by atoms with van der Waals surface area (Å²) in [6, 6.07) is 2.55. The van der Waals surface area contributed by atoms with Gasteiger partial charge in [-0.1, -0.05) is 12.8 Å². The van der Waals surface area contributed by atoms with Gasteiger partial charge in [-0.2, -0.15) is 0 Å². The third kappa shape index (κ3) is 1.63. The Labute approximate surface area is 86.9 Å². The third-order valence-electron chi connectivity index (χ3n) is 3.21. The summed E-state index contributed by atoms with van der Waals surface area (Å²) in [5.74, 6) is 0. The van der Waals surface area contributed by atoms with Gasteiger partial charge in [0.2, 0.25) is 0 Å². The molecule has 1 heterocycles. The molecule has 1 saturated carbocycles. The Morgan fingerprint density at radius 1 is 1.33 bits per heavy atom. The molecule has 2 rings (SSSR count). The maximum Gasteiger partial charge on any atom is 0.265 e. The first kappa shape index (κ1) is 10.2. The maximum absolute atomic E-state index is 11.7. The molecule has 1 aromatic heterocycles. The number of nitrogens with zero attached hydrogens (tertiary/aromatic N) is 1. The lowest BCUT2D eigenvalue weighted by Crippen LogP contribution is -2.47. The average Bonchev–Trinajstić information content (AvgIpc) is 2.71. The van der Waals surface area contributed by atoms with Crippen LogP contribution in [-0.2, 0) is 5.54 Å². The maximum atomic E-state index is 11.7. The van der Waals surface area contributed by atoms with Gasteiger partial charge in [-0.25, -0.2) is 4.68 Å². The van der Waals surface area contributed by atoms with Crippen LogP contribution in [0.15, 0.2) is 21.7 Å². The fraction of sp³-hybridized carbons (Fsp3) is 0.600. The molecule has 0 saturated heterocycles. The number of nitrogens with one attached hydrogen (secondary N) is 1. The zero-order valence-corrected chi connectivity index (χ0v) is 8.53. The lowest BCUT2D eigenvalue weighted by molar-refractivity contribution is 0.258. The van der Waals surface area contributed by atoms with Gasteiger partial charge in [-0.3, -0.25) is 14.7 Å². The van der Waals surface area contributed by atoms with Gasteiger partial charge in [0.15, 0.2) is 0 Å². The molecule has 3 N–H and O–H groups in total. The second kappa shape index (κ2) is 3.66. The van der Waals surface area contributed by atoms with E-state index in [1.54, 1.807) is 0 Å². The fourth-order valence-corrected chi connectivity index (χ4v) is 2.33. The summed E-state index contributed by atoms with van der Waals surface area (Å²) in [5, 5.41) is 2.58. The molecule has 0 bridgehead atoms. The van der Waals surface area contributed by atoms with Gasteiger partial charge in [-0.15, -0.1) is 0 Å². The standard InChI is InChI=1S/C10H15N3O2/c11-7-10(5-1-2-6-10)13-9(15)4-3-8(14)12-13/h3-4H,1-2,5-7,11H2,(H,12,14). The monoisotopic (exact) mass is 209 g/mol. The molecule has 82 valence electrons. The van der Waals surface area contributed by atoms with Gasteiger partial charge in [0.25, 0.3) is 11.1 Å². The summed E-state index contributed by atoms with van der Waals surface area (Å²) < 4.78 is 1.42. The summed E-state index contributed by atoms with van der Waals surface area (Å²) >= 11 is 0. The van der Waals surface area contributed by atoms with E-state index in [-0.39, 0.29) is 16.7 Å². The van der Waals surface area contributed by atoms with E-state index in [1.807, 2.05) is 0 Å². The molecular weight excluding hydrogens is 194 g/mol. The molecule has 0 unspecified atom stereocenters. The number of aromatic nitrogens is 2. The van der Waals surface area contributed by atoms with Crippen molar-refractivity contribution in [2.45, 2.75) is 31.2 Å². The molecule has 1 aliphatic carbocycles. The van der Waals surface area contributed by atoms with Gasteiger partial charge in [0, 0.05) is 18.7 Å². The van der Waals surface area contributed by atoms with Gasteiger partial charge in [0.1, 0.15) is 0 Å². The Kier molecular flexibility index (Phi) is 2.48. The summed E-state index contributed by atoms with van der Waals surface area (Å²) in [5.41, 5.74) is 4.94. The van der Waals surface area contributed by atoms with Crippen molar-refractivity contribution < 1.29 is 0 Å². The van der Waals surface area contributed by atoms with Gasteiger partial charge < -0.3 is 5.73 Å².